The minimum Gasteiger partial charge on any atom is -0.291 e. The molecule has 0 N–H and O–H groups in total. The van der Waals surface area contributed by atoms with Crippen molar-refractivity contribution in [3.05, 3.63) is 48.0 Å². The average molecular weight is 187 g/mol. The first-order valence-electron chi connectivity index (χ1n) is 4.97. The molecule has 0 spiro atoms. The molecule has 0 fully saturated rings. The maximum absolute atomic E-state index is 9.91. The number of hydrogen-bond donors (Lipinski definition) is 0. The molecule has 14 heavy (non-hydrogen) atoms. The second-order valence-electron chi connectivity index (χ2n) is 3.20. The van der Waals surface area contributed by atoms with Crippen molar-refractivity contribution in [1.29, 1.82) is 0 Å². The Labute approximate surface area is 85.5 Å². The molecule has 0 unspecified atom stereocenters. The summed E-state index contributed by atoms with van der Waals surface area (Å²) in [5.74, 6) is 0. The van der Waals surface area contributed by atoms with Crippen LogP contribution in [0.1, 0.15) is 24.8 Å². The van der Waals surface area contributed by atoms with Crippen molar-refractivity contribution >= 4 is 6.29 Å². The lowest BCUT2D eigenvalue weighted by Crippen LogP contribution is -1.79. The number of unbranched alkanes of at least 4 members (excludes halogenated alkanes) is 2. The predicted molar refractivity (Wildman–Crippen MR) is 58.8 cm³/mol. The lowest BCUT2D eigenvalue weighted by atomic mass is 10.1. The second kappa shape index (κ2) is 7.07. The Balaban J connectivity index is 2.17. The van der Waals surface area contributed by atoms with Crippen LogP contribution < -0.4 is 0 Å². The van der Waals surface area contributed by atoms with Gasteiger partial charge in [-0.15, -0.1) is 0 Å². The van der Waals surface area contributed by atoms with Crippen LogP contribution in [-0.2, 0) is 11.2 Å². The van der Waals surface area contributed by atoms with Crippen LogP contribution in [-0.4, -0.2) is 6.29 Å². The molecule has 0 amide bonds. The Morgan fingerprint density at radius 3 is 2.64 bits per heavy atom. The fraction of sp³-hybridized carbons (Fsp3) is 0.308. The van der Waals surface area contributed by atoms with E-state index in [1.807, 2.05) is 24.5 Å². The molecule has 0 aromatic heterocycles. The van der Waals surface area contributed by atoms with Gasteiger partial charge in [0.25, 0.3) is 0 Å². The third-order valence-corrected chi connectivity index (χ3v) is 2.01. The molecule has 1 radical (unpaired) electrons. The minimum absolute atomic E-state index is 0.551. The largest absolute Gasteiger partial charge is 0.291 e. The minimum atomic E-state index is 0.551. The summed E-state index contributed by atoms with van der Waals surface area (Å²) >= 11 is 0. The van der Waals surface area contributed by atoms with Crippen LogP contribution in [0.15, 0.2) is 42.5 Å². The molecule has 0 aliphatic carbocycles. The Morgan fingerprint density at radius 2 is 1.93 bits per heavy atom. The molecule has 0 saturated carbocycles. The number of benzene rings is 1. The summed E-state index contributed by atoms with van der Waals surface area (Å²) < 4.78 is 0. The molecule has 0 saturated heterocycles. The normalized spacial score (nSPS) is 10.6. The first-order valence-corrected chi connectivity index (χ1v) is 4.97. The Bertz CT molecular complexity index is 275. The SMILES string of the molecule is O=[C]CCCC=CCc1ccccc1. The van der Waals surface area contributed by atoms with E-state index in [4.69, 9.17) is 0 Å². The van der Waals surface area contributed by atoms with Crippen LogP contribution in [0.25, 0.3) is 0 Å². The maximum atomic E-state index is 9.91. The Morgan fingerprint density at radius 1 is 1.14 bits per heavy atom. The standard InChI is InChI=1S/C13H15O/c14-12-8-3-1-2-5-9-13-10-6-4-7-11-13/h2,4-7,10-11H,1,3,8-9H2. The van der Waals surface area contributed by atoms with Gasteiger partial charge >= 0.3 is 0 Å². The van der Waals surface area contributed by atoms with Crippen molar-refractivity contribution in [2.45, 2.75) is 25.7 Å². The highest BCUT2D eigenvalue weighted by Crippen LogP contribution is 2.01. The predicted octanol–water partition coefficient (Wildman–Crippen LogP) is 3.07. The van der Waals surface area contributed by atoms with Crippen molar-refractivity contribution in [2.24, 2.45) is 0 Å². The third-order valence-electron chi connectivity index (χ3n) is 2.01. The smallest absolute Gasteiger partial charge is 0.198 e. The Kier molecular flexibility index (Phi) is 5.41. The lowest BCUT2D eigenvalue weighted by molar-refractivity contribution is 0.549. The first kappa shape index (κ1) is 10.7. The van der Waals surface area contributed by atoms with Crippen molar-refractivity contribution in [3.63, 3.8) is 0 Å². The second-order valence-corrected chi connectivity index (χ2v) is 3.20. The topological polar surface area (TPSA) is 17.1 Å². The number of hydrogen-bond acceptors (Lipinski definition) is 1. The van der Waals surface area contributed by atoms with Crippen LogP contribution in [0.2, 0.25) is 0 Å². The quantitative estimate of drug-likeness (QED) is 0.494. The van der Waals surface area contributed by atoms with Gasteiger partial charge in [0.2, 0.25) is 0 Å². The van der Waals surface area contributed by atoms with Gasteiger partial charge in [-0.3, -0.25) is 4.79 Å². The van der Waals surface area contributed by atoms with Crippen LogP contribution in [0.4, 0.5) is 0 Å². The summed E-state index contributed by atoms with van der Waals surface area (Å²) in [7, 11) is 0. The van der Waals surface area contributed by atoms with E-state index in [-0.39, 0.29) is 0 Å². The van der Waals surface area contributed by atoms with Crippen molar-refractivity contribution in [1.82, 2.24) is 0 Å². The average Bonchev–Trinajstić information content (AvgIpc) is 2.25. The summed E-state index contributed by atoms with van der Waals surface area (Å²) in [6.07, 6.45) is 9.59. The van der Waals surface area contributed by atoms with E-state index in [2.05, 4.69) is 24.3 Å². The number of rotatable bonds is 6. The highest BCUT2D eigenvalue weighted by atomic mass is 16.1. The summed E-state index contributed by atoms with van der Waals surface area (Å²) in [5, 5.41) is 0. The summed E-state index contributed by atoms with van der Waals surface area (Å²) in [4.78, 5) is 9.91. The van der Waals surface area contributed by atoms with Crippen molar-refractivity contribution in [3.8, 4) is 0 Å². The van der Waals surface area contributed by atoms with Crippen LogP contribution in [0.3, 0.4) is 0 Å². The fourth-order valence-electron chi connectivity index (χ4n) is 1.24. The number of allylic oxidation sites excluding steroid dienone is 2. The van der Waals surface area contributed by atoms with E-state index in [0.29, 0.717) is 6.42 Å². The van der Waals surface area contributed by atoms with Gasteiger partial charge < -0.3 is 0 Å². The zero-order valence-electron chi connectivity index (χ0n) is 8.28. The van der Waals surface area contributed by atoms with Gasteiger partial charge in [-0.25, -0.2) is 0 Å². The molecule has 0 aliphatic rings. The molecule has 1 aromatic rings. The zero-order chi connectivity index (χ0) is 10.1. The lowest BCUT2D eigenvalue weighted by Gasteiger charge is -1.93. The van der Waals surface area contributed by atoms with Crippen LogP contribution >= 0.6 is 0 Å². The highest BCUT2D eigenvalue weighted by molar-refractivity contribution is 5.50. The number of carbonyl (C=O) groups excluding carboxylic acids is 1. The first-order chi connectivity index (χ1) is 6.93. The molecule has 0 bridgehead atoms. The summed E-state index contributed by atoms with van der Waals surface area (Å²) in [6.45, 7) is 0. The van der Waals surface area contributed by atoms with E-state index >= 15 is 0 Å². The van der Waals surface area contributed by atoms with E-state index in [1.54, 1.807) is 0 Å². The molecule has 1 aromatic carbocycles. The van der Waals surface area contributed by atoms with Gasteiger partial charge in [-0.1, -0.05) is 42.5 Å². The molecule has 1 rings (SSSR count). The summed E-state index contributed by atoms with van der Waals surface area (Å²) in [6, 6.07) is 10.3. The molecular weight excluding hydrogens is 172 g/mol. The van der Waals surface area contributed by atoms with E-state index in [1.165, 1.54) is 5.56 Å². The molecule has 73 valence electrons. The molecule has 1 heteroatoms. The molecule has 1 nitrogen and oxygen atoms in total. The zero-order valence-corrected chi connectivity index (χ0v) is 8.28. The van der Waals surface area contributed by atoms with Crippen molar-refractivity contribution < 1.29 is 4.79 Å². The molecular formula is C13H15O. The van der Waals surface area contributed by atoms with Gasteiger partial charge in [-0.2, -0.15) is 0 Å². The van der Waals surface area contributed by atoms with Gasteiger partial charge in [-0.05, 0) is 24.8 Å². The van der Waals surface area contributed by atoms with Gasteiger partial charge in [0.15, 0.2) is 6.29 Å². The van der Waals surface area contributed by atoms with Crippen LogP contribution in [0, 0.1) is 0 Å². The monoisotopic (exact) mass is 187 g/mol. The third kappa shape index (κ3) is 4.61. The molecule has 0 aliphatic heterocycles. The van der Waals surface area contributed by atoms with E-state index in [0.717, 1.165) is 19.3 Å². The fourth-order valence-corrected chi connectivity index (χ4v) is 1.24. The van der Waals surface area contributed by atoms with Crippen LogP contribution in [0.5, 0.6) is 0 Å². The van der Waals surface area contributed by atoms with Gasteiger partial charge in [0.05, 0.1) is 0 Å². The van der Waals surface area contributed by atoms with E-state index in [9.17, 15) is 4.79 Å². The molecule has 0 atom stereocenters. The Hall–Kier alpha value is -1.37. The van der Waals surface area contributed by atoms with E-state index < -0.39 is 0 Å². The van der Waals surface area contributed by atoms with Gasteiger partial charge in [0.1, 0.15) is 0 Å². The maximum Gasteiger partial charge on any atom is 0.198 e. The summed E-state index contributed by atoms with van der Waals surface area (Å²) in [5.41, 5.74) is 1.32. The molecule has 0 heterocycles. The highest BCUT2D eigenvalue weighted by Gasteiger charge is 1.86. The van der Waals surface area contributed by atoms with Gasteiger partial charge in [0, 0.05) is 6.42 Å². The van der Waals surface area contributed by atoms with Crippen molar-refractivity contribution in [2.75, 3.05) is 0 Å².